The molecule has 1 atom stereocenters. The van der Waals surface area contributed by atoms with E-state index in [1.165, 1.54) is 6.20 Å². The minimum atomic E-state index is -0.202. The van der Waals surface area contributed by atoms with E-state index in [0.29, 0.717) is 16.3 Å². The van der Waals surface area contributed by atoms with Crippen LogP contribution in [0.3, 0.4) is 0 Å². The standard InChI is InChI=1S/C19H18ClN3O2/c1-12(13-6-8-16(25-2)9-7-13)22-19(24)17-11-21-23-18(17)14-4-3-5-15(20)10-14/h3-12H,1-2H3,(H,21,23)(H,22,24)/t12-/m1/s1. The van der Waals surface area contributed by atoms with E-state index in [4.69, 9.17) is 16.3 Å². The number of benzene rings is 2. The Hall–Kier alpha value is -2.79. The summed E-state index contributed by atoms with van der Waals surface area (Å²) in [6.07, 6.45) is 1.52. The molecule has 1 heterocycles. The van der Waals surface area contributed by atoms with Crippen molar-refractivity contribution in [2.45, 2.75) is 13.0 Å². The molecule has 1 amide bonds. The van der Waals surface area contributed by atoms with E-state index in [0.717, 1.165) is 16.9 Å². The van der Waals surface area contributed by atoms with Crippen molar-refractivity contribution in [1.82, 2.24) is 15.5 Å². The van der Waals surface area contributed by atoms with E-state index >= 15 is 0 Å². The number of hydrogen-bond donors (Lipinski definition) is 2. The topological polar surface area (TPSA) is 67.0 Å². The van der Waals surface area contributed by atoms with Gasteiger partial charge in [0.2, 0.25) is 0 Å². The molecule has 3 aromatic rings. The maximum absolute atomic E-state index is 12.7. The zero-order valence-corrected chi connectivity index (χ0v) is 14.7. The summed E-state index contributed by atoms with van der Waals surface area (Å²) in [6, 6.07) is 14.7. The lowest BCUT2D eigenvalue weighted by Crippen LogP contribution is -2.26. The van der Waals surface area contributed by atoms with Gasteiger partial charge in [0.05, 0.1) is 30.6 Å². The molecule has 0 spiro atoms. The second-order valence-electron chi connectivity index (χ2n) is 5.64. The first kappa shape index (κ1) is 17.0. The van der Waals surface area contributed by atoms with Crippen molar-refractivity contribution in [2.75, 3.05) is 7.11 Å². The Kier molecular flexibility index (Phi) is 5.05. The number of amides is 1. The van der Waals surface area contributed by atoms with E-state index in [2.05, 4.69) is 15.5 Å². The van der Waals surface area contributed by atoms with Gasteiger partial charge in [-0.2, -0.15) is 5.10 Å². The van der Waals surface area contributed by atoms with Gasteiger partial charge in [0, 0.05) is 10.6 Å². The predicted molar refractivity (Wildman–Crippen MR) is 97.9 cm³/mol. The summed E-state index contributed by atoms with van der Waals surface area (Å²) in [5.41, 5.74) is 2.92. The molecule has 0 aliphatic rings. The molecule has 0 aliphatic carbocycles. The van der Waals surface area contributed by atoms with E-state index in [9.17, 15) is 4.79 Å². The zero-order chi connectivity index (χ0) is 17.8. The average Bonchev–Trinajstić information content (AvgIpc) is 3.11. The highest BCUT2D eigenvalue weighted by atomic mass is 35.5. The van der Waals surface area contributed by atoms with Crippen molar-refractivity contribution in [1.29, 1.82) is 0 Å². The molecule has 2 aromatic carbocycles. The van der Waals surface area contributed by atoms with Crippen LogP contribution in [0.4, 0.5) is 0 Å². The number of aromatic nitrogens is 2. The number of H-pyrrole nitrogens is 1. The molecule has 0 aliphatic heterocycles. The van der Waals surface area contributed by atoms with Crippen LogP contribution in [-0.4, -0.2) is 23.2 Å². The van der Waals surface area contributed by atoms with Gasteiger partial charge >= 0.3 is 0 Å². The Bertz CT molecular complexity index is 874. The third-order valence-corrected chi connectivity index (χ3v) is 4.20. The molecule has 25 heavy (non-hydrogen) atoms. The van der Waals surface area contributed by atoms with E-state index in [-0.39, 0.29) is 11.9 Å². The van der Waals surface area contributed by atoms with Crippen molar-refractivity contribution >= 4 is 17.5 Å². The third kappa shape index (κ3) is 3.83. The molecule has 0 saturated heterocycles. The summed E-state index contributed by atoms with van der Waals surface area (Å²) in [4.78, 5) is 12.7. The maximum Gasteiger partial charge on any atom is 0.255 e. The van der Waals surface area contributed by atoms with Crippen LogP contribution in [0.2, 0.25) is 5.02 Å². The maximum atomic E-state index is 12.7. The summed E-state index contributed by atoms with van der Waals surface area (Å²) in [5, 5.41) is 10.5. The number of halogens is 1. The third-order valence-electron chi connectivity index (χ3n) is 3.96. The normalized spacial score (nSPS) is 11.8. The number of rotatable bonds is 5. The van der Waals surface area contributed by atoms with Gasteiger partial charge in [-0.25, -0.2) is 0 Å². The van der Waals surface area contributed by atoms with Gasteiger partial charge in [-0.05, 0) is 36.8 Å². The summed E-state index contributed by atoms with van der Waals surface area (Å²) in [5.74, 6) is 0.576. The molecule has 5 nitrogen and oxygen atoms in total. The Balaban J connectivity index is 1.78. The number of aromatic amines is 1. The van der Waals surface area contributed by atoms with E-state index in [1.54, 1.807) is 19.2 Å². The number of hydrogen-bond acceptors (Lipinski definition) is 3. The van der Waals surface area contributed by atoms with Gasteiger partial charge in [0.1, 0.15) is 5.75 Å². The number of carbonyl (C=O) groups is 1. The molecule has 0 saturated carbocycles. The first-order valence-corrected chi connectivity index (χ1v) is 8.20. The number of methoxy groups -OCH3 is 1. The number of nitrogens with zero attached hydrogens (tertiary/aromatic N) is 1. The van der Waals surface area contributed by atoms with E-state index < -0.39 is 0 Å². The summed E-state index contributed by atoms with van der Waals surface area (Å²) >= 11 is 6.04. The summed E-state index contributed by atoms with van der Waals surface area (Å²) in [6.45, 7) is 1.93. The Morgan fingerprint density at radius 3 is 2.68 bits per heavy atom. The van der Waals surface area contributed by atoms with Crippen molar-refractivity contribution < 1.29 is 9.53 Å². The highest BCUT2D eigenvalue weighted by Gasteiger charge is 2.18. The highest BCUT2D eigenvalue weighted by Crippen LogP contribution is 2.25. The zero-order valence-electron chi connectivity index (χ0n) is 13.9. The lowest BCUT2D eigenvalue weighted by atomic mass is 10.1. The number of carbonyl (C=O) groups excluding carboxylic acids is 1. The molecule has 0 bridgehead atoms. The fourth-order valence-corrected chi connectivity index (χ4v) is 2.76. The van der Waals surface area contributed by atoms with Gasteiger partial charge in [-0.1, -0.05) is 35.9 Å². The first-order chi connectivity index (χ1) is 12.1. The Morgan fingerprint density at radius 1 is 1.24 bits per heavy atom. The summed E-state index contributed by atoms with van der Waals surface area (Å²) in [7, 11) is 1.62. The van der Waals surface area contributed by atoms with Crippen LogP contribution >= 0.6 is 11.6 Å². The van der Waals surface area contributed by atoms with Crippen molar-refractivity contribution in [3.63, 3.8) is 0 Å². The highest BCUT2D eigenvalue weighted by molar-refractivity contribution is 6.30. The minimum Gasteiger partial charge on any atom is -0.497 e. The van der Waals surface area contributed by atoms with Gasteiger partial charge in [0.25, 0.3) is 5.91 Å². The van der Waals surface area contributed by atoms with Gasteiger partial charge < -0.3 is 10.1 Å². The monoisotopic (exact) mass is 355 g/mol. The molecule has 0 radical (unpaired) electrons. The molecule has 6 heteroatoms. The van der Waals surface area contributed by atoms with Crippen LogP contribution < -0.4 is 10.1 Å². The fraction of sp³-hybridized carbons (Fsp3) is 0.158. The van der Waals surface area contributed by atoms with Crippen LogP contribution in [0.5, 0.6) is 5.75 Å². The molecule has 1 aromatic heterocycles. The molecular formula is C19H18ClN3O2. The second-order valence-corrected chi connectivity index (χ2v) is 6.07. The van der Waals surface area contributed by atoms with E-state index in [1.807, 2.05) is 43.3 Å². The average molecular weight is 356 g/mol. The van der Waals surface area contributed by atoms with Gasteiger partial charge in [0.15, 0.2) is 0 Å². The van der Waals surface area contributed by atoms with Gasteiger partial charge in [-0.15, -0.1) is 0 Å². The lowest BCUT2D eigenvalue weighted by molar-refractivity contribution is 0.0940. The van der Waals surface area contributed by atoms with Crippen LogP contribution in [0.1, 0.15) is 28.9 Å². The Morgan fingerprint density at radius 2 is 2.00 bits per heavy atom. The number of ether oxygens (including phenoxy) is 1. The van der Waals surface area contributed by atoms with Crippen LogP contribution in [0.15, 0.2) is 54.7 Å². The van der Waals surface area contributed by atoms with Crippen molar-refractivity contribution in [3.8, 4) is 17.0 Å². The Labute approximate surface area is 151 Å². The molecular weight excluding hydrogens is 338 g/mol. The second kappa shape index (κ2) is 7.40. The molecule has 2 N–H and O–H groups in total. The molecule has 128 valence electrons. The smallest absolute Gasteiger partial charge is 0.255 e. The first-order valence-electron chi connectivity index (χ1n) is 7.82. The molecule has 0 unspecified atom stereocenters. The molecule has 3 rings (SSSR count). The fourth-order valence-electron chi connectivity index (χ4n) is 2.57. The number of nitrogens with one attached hydrogen (secondary N) is 2. The molecule has 0 fully saturated rings. The quantitative estimate of drug-likeness (QED) is 0.719. The van der Waals surface area contributed by atoms with Crippen molar-refractivity contribution in [2.24, 2.45) is 0 Å². The lowest BCUT2D eigenvalue weighted by Gasteiger charge is -2.15. The minimum absolute atomic E-state index is 0.152. The van der Waals surface area contributed by atoms with Crippen LogP contribution in [0, 0.1) is 0 Å². The van der Waals surface area contributed by atoms with Crippen LogP contribution in [-0.2, 0) is 0 Å². The predicted octanol–water partition coefficient (Wildman–Crippen LogP) is 4.23. The summed E-state index contributed by atoms with van der Waals surface area (Å²) < 4.78 is 5.15. The van der Waals surface area contributed by atoms with Crippen LogP contribution in [0.25, 0.3) is 11.3 Å². The van der Waals surface area contributed by atoms with Crippen molar-refractivity contribution in [3.05, 3.63) is 70.9 Å². The van der Waals surface area contributed by atoms with Gasteiger partial charge in [-0.3, -0.25) is 9.89 Å². The largest absolute Gasteiger partial charge is 0.497 e. The SMILES string of the molecule is COc1ccc([C@@H](C)NC(=O)c2cn[nH]c2-c2cccc(Cl)c2)cc1.